The summed E-state index contributed by atoms with van der Waals surface area (Å²) in [5, 5.41) is 2.79. The third kappa shape index (κ3) is 3.09. The van der Waals surface area contributed by atoms with Gasteiger partial charge in [0.05, 0.1) is 5.39 Å². The second-order valence-electron chi connectivity index (χ2n) is 8.51. The van der Waals surface area contributed by atoms with Crippen LogP contribution in [-0.2, 0) is 14.2 Å². The monoisotopic (exact) mass is 433 g/mol. The van der Waals surface area contributed by atoms with Gasteiger partial charge in [0.25, 0.3) is 0 Å². The van der Waals surface area contributed by atoms with Crippen molar-refractivity contribution in [2.45, 2.75) is 44.2 Å². The molecule has 1 aromatic carbocycles. The topological polar surface area (TPSA) is 107 Å². The fourth-order valence-electron chi connectivity index (χ4n) is 4.60. The van der Waals surface area contributed by atoms with Crippen molar-refractivity contribution in [2.75, 3.05) is 12.3 Å². The van der Waals surface area contributed by atoms with Gasteiger partial charge in [0.15, 0.2) is 12.0 Å². The van der Waals surface area contributed by atoms with Gasteiger partial charge in [-0.2, -0.15) is 0 Å². The first kappa shape index (κ1) is 19.4. The van der Waals surface area contributed by atoms with E-state index in [1.807, 2.05) is 54.9 Å². The van der Waals surface area contributed by atoms with Crippen LogP contribution in [0.1, 0.15) is 20.1 Å². The molecule has 0 aliphatic carbocycles. The summed E-state index contributed by atoms with van der Waals surface area (Å²) in [6.45, 7) is 4.12. The lowest BCUT2D eigenvalue weighted by Gasteiger charge is -2.25. The van der Waals surface area contributed by atoms with Crippen LogP contribution in [0.25, 0.3) is 21.8 Å². The molecule has 4 atom stereocenters. The van der Waals surface area contributed by atoms with Gasteiger partial charge in [0.2, 0.25) is 0 Å². The van der Waals surface area contributed by atoms with Crippen LogP contribution in [0.3, 0.4) is 0 Å². The highest BCUT2D eigenvalue weighted by molar-refractivity contribution is 5.87. The van der Waals surface area contributed by atoms with E-state index in [1.54, 1.807) is 12.4 Å². The quantitative estimate of drug-likeness (QED) is 0.523. The van der Waals surface area contributed by atoms with Crippen LogP contribution in [0.5, 0.6) is 5.75 Å². The average Bonchev–Trinajstić information content (AvgIpc) is 3.44. The number of rotatable bonds is 4. The van der Waals surface area contributed by atoms with Gasteiger partial charge in [-0.3, -0.25) is 4.98 Å². The van der Waals surface area contributed by atoms with E-state index in [0.29, 0.717) is 18.1 Å². The van der Waals surface area contributed by atoms with Gasteiger partial charge in [0.1, 0.15) is 48.5 Å². The zero-order valence-electron chi connectivity index (χ0n) is 17.7. The molecule has 5 heterocycles. The maximum atomic E-state index is 6.42. The zero-order chi connectivity index (χ0) is 21.9. The van der Waals surface area contributed by atoms with Crippen molar-refractivity contribution in [1.29, 1.82) is 0 Å². The molecule has 0 spiro atoms. The number of pyridine rings is 1. The molecule has 0 bridgehead atoms. The molecule has 4 aromatic rings. The highest BCUT2D eigenvalue weighted by Crippen LogP contribution is 2.44. The Labute approximate surface area is 184 Å². The first-order valence-electron chi connectivity index (χ1n) is 10.5. The fourth-order valence-corrected chi connectivity index (χ4v) is 4.60. The van der Waals surface area contributed by atoms with Crippen LogP contribution in [0.2, 0.25) is 0 Å². The van der Waals surface area contributed by atoms with Gasteiger partial charge in [-0.25, -0.2) is 9.97 Å². The van der Waals surface area contributed by atoms with Crippen molar-refractivity contribution in [3.05, 3.63) is 55.2 Å². The van der Waals surface area contributed by atoms with E-state index in [4.69, 9.17) is 24.7 Å². The molecule has 2 N–H and O–H groups in total. The number of nitrogens with two attached hydrogens (primary N) is 1. The average molecular weight is 433 g/mol. The number of aromatic nitrogens is 4. The Hall–Kier alpha value is -3.27. The van der Waals surface area contributed by atoms with Gasteiger partial charge in [0, 0.05) is 24.0 Å². The second-order valence-corrected chi connectivity index (χ2v) is 8.51. The van der Waals surface area contributed by atoms with Gasteiger partial charge in [-0.15, -0.1) is 0 Å². The molecule has 3 aromatic heterocycles. The third-order valence-electron chi connectivity index (χ3n) is 5.99. The van der Waals surface area contributed by atoms with E-state index in [1.165, 1.54) is 6.33 Å². The summed E-state index contributed by atoms with van der Waals surface area (Å²) in [6.07, 6.45) is 5.54. The molecular weight excluding hydrogens is 410 g/mol. The van der Waals surface area contributed by atoms with Crippen molar-refractivity contribution >= 4 is 27.6 Å². The van der Waals surface area contributed by atoms with Crippen LogP contribution in [0.15, 0.2) is 55.2 Å². The molecule has 0 unspecified atom stereocenters. The first-order chi connectivity index (χ1) is 15.5. The predicted octanol–water partition coefficient (Wildman–Crippen LogP) is 3.06. The van der Waals surface area contributed by atoms with Crippen LogP contribution < -0.4 is 10.5 Å². The minimum absolute atomic E-state index is 0.292. The van der Waals surface area contributed by atoms with E-state index in [2.05, 4.69) is 15.0 Å². The molecule has 0 amide bonds. The van der Waals surface area contributed by atoms with Crippen molar-refractivity contribution < 1.29 is 18.9 Å². The van der Waals surface area contributed by atoms with E-state index < -0.39 is 12.0 Å². The van der Waals surface area contributed by atoms with E-state index in [9.17, 15) is 0 Å². The summed E-state index contributed by atoms with van der Waals surface area (Å²) in [5.74, 6) is 0.455. The Morgan fingerprint density at radius 1 is 1.09 bits per heavy atom. The smallest absolute Gasteiger partial charge is 0.164 e. The molecule has 2 fully saturated rings. The minimum atomic E-state index is -0.726. The summed E-state index contributed by atoms with van der Waals surface area (Å²) in [6, 6.07) is 9.78. The molecule has 2 aliphatic rings. The molecule has 0 saturated carbocycles. The molecule has 6 rings (SSSR count). The van der Waals surface area contributed by atoms with Crippen LogP contribution in [0, 0.1) is 0 Å². The molecule has 2 saturated heterocycles. The van der Waals surface area contributed by atoms with Crippen molar-refractivity contribution in [3.8, 4) is 5.75 Å². The van der Waals surface area contributed by atoms with Crippen molar-refractivity contribution in [1.82, 2.24) is 19.5 Å². The van der Waals surface area contributed by atoms with Gasteiger partial charge in [-0.05, 0) is 37.4 Å². The molecule has 164 valence electrons. The van der Waals surface area contributed by atoms with Gasteiger partial charge in [-0.1, -0.05) is 12.1 Å². The molecule has 32 heavy (non-hydrogen) atoms. The largest absolute Gasteiger partial charge is 0.490 e. The molecule has 9 nitrogen and oxygen atoms in total. The molecule has 2 aliphatic heterocycles. The highest BCUT2D eigenvalue weighted by Gasteiger charge is 2.56. The van der Waals surface area contributed by atoms with Crippen molar-refractivity contribution in [3.63, 3.8) is 0 Å². The Bertz CT molecular complexity index is 1300. The Balaban J connectivity index is 1.31. The summed E-state index contributed by atoms with van der Waals surface area (Å²) >= 11 is 0. The first-order valence-corrected chi connectivity index (χ1v) is 10.5. The van der Waals surface area contributed by atoms with Gasteiger partial charge < -0.3 is 29.2 Å². The fraction of sp³-hybridized carbons (Fsp3) is 0.348. The normalized spacial score (nSPS) is 26.6. The Morgan fingerprint density at radius 2 is 1.97 bits per heavy atom. The number of anilines is 1. The lowest BCUT2D eigenvalue weighted by Crippen LogP contribution is -2.33. The molecule has 9 heteroatoms. The highest BCUT2D eigenvalue weighted by atomic mass is 16.8. The standard InChI is InChI=1S/C23H23N5O4/c1-23(2)31-18-17(11-29-16-5-3-4-13-6-8-25-10-15(13)16)30-22(19(18)32-23)28-9-7-14-20(24)26-12-27-21(14)28/h3-10,12,17-19,22H,11H2,1-2H3,(H2,24,26,27)/t17-,18-,19-,22-/m1/s1. The van der Waals surface area contributed by atoms with Crippen LogP contribution >= 0.6 is 0 Å². The number of nitrogen functional groups attached to an aromatic ring is 1. The number of ether oxygens (including phenoxy) is 4. The van der Waals surface area contributed by atoms with Gasteiger partial charge >= 0.3 is 0 Å². The summed E-state index contributed by atoms with van der Waals surface area (Å²) < 4.78 is 27.0. The Morgan fingerprint density at radius 3 is 2.88 bits per heavy atom. The second kappa shape index (κ2) is 7.13. The summed E-state index contributed by atoms with van der Waals surface area (Å²) in [5.41, 5.74) is 6.71. The maximum absolute atomic E-state index is 6.42. The SMILES string of the molecule is CC1(C)O[C@@H]2[C@H](O1)[C@@H](COc1cccc3ccncc13)O[C@H]2n1ccc2c(N)ncnc21. The summed E-state index contributed by atoms with van der Waals surface area (Å²) in [7, 11) is 0. The minimum Gasteiger partial charge on any atom is -0.490 e. The number of hydrogen-bond acceptors (Lipinski definition) is 8. The summed E-state index contributed by atoms with van der Waals surface area (Å²) in [4.78, 5) is 12.7. The van der Waals surface area contributed by atoms with E-state index in [0.717, 1.165) is 21.9 Å². The van der Waals surface area contributed by atoms with Crippen LogP contribution in [0.4, 0.5) is 5.82 Å². The number of benzene rings is 1. The zero-order valence-corrected chi connectivity index (χ0v) is 17.7. The van der Waals surface area contributed by atoms with Crippen molar-refractivity contribution in [2.24, 2.45) is 0 Å². The Kier molecular flexibility index (Phi) is 4.32. The van der Waals surface area contributed by atoms with Crippen LogP contribution in [-0.4, -0.2) is 50.2 Å². The number of hydrogen-bond donors (Lipinski definition) is 1. The van der Waals surface area contributed by atoms with E-state index in [-0.39, 0.29) is 18.3 Å². The lowest BCUT2D eigenvalue weighted by molar-refractivity contribution is -0.198. The third-order valence-corrected chi connectivity index (χ3v) is 5.99. The van der Waals surface area contributed by atoms with E-state index >= 15 is 0 Å². The maximum Gasteiger partial charge on any atom is 0.164 e. The number of nitrogens with zero attached hydrogens (tertiary/aromatic N) is 4. The molecular formula is C23H23N5O4. The number of fused-ring (bicyclic) bond motifs is 3. The lowest BCUT2D eigenvalue weighted by atomic mass is 10.1. The molecule has 0 radical (unpaired) electrons. The predicted molar refractivity (Wildman–Crippen MR) is 117 cm³/mol.